The number of halogens is 1. The second kappa shape index (κ2) is 7.89. The Morgan fingerprint density at radius 3 is 2.64 bits per heavy atom. The molecule has 2 fully saturated rings. The molecule has 0 saturated carbocycles. The van der Waals surface area contributed by atoms with Crippen LogP contribution in [-0.2, 0) is 17.8 Å². The quantitative estimate of drug-likeness (QED) is 0.759. The van der Waals surface area contributed by atoms with Gasteiger partial charge in [-0.15, -0.1) is 0 Å². The van der Waals surface area contributed by atoms with E-state index in [1.807, 2.05) is 30.3 Å². The number of nitrogens with one attached hydrogen (secondary N) is 2. The maximum Gasteiger partial charge on any atom is 0.325 e. The summed E-state index contributed by atoms with van der Waals surface area (Å²) in [5.41, 5.74) is 0.733. The third kappa shape index (κ3) is 3.50. The number of hydrogen-bond acceptors (Lipinski definition) is 4. The highest BCUT2D eigenvalue weighted by molar-refractivity contribution is 6.31. The summed E-state index contributed by atoms with van der Waals surface area (Å²) in [6.07, 6.45) is 5.41. The van der Waals surface area contributed by atoms with Crippen LogP contribution in [0.3, 0.4) is 0 Å². The second-order valence-electron chi connectivity index (χ2n) is 7.45. The van der Waals surface area contributed by atoms with Crippen LogP contribution in [0.1, 0.15) is 24.0 Å². The Balaban J connectivity index is 1.68. The Kier molecular flexibility index (Phi) is 5.33. The molecule has 0 aliphatic carbocycles. The summed E-state index contributed by atoms with van der Waals surface area (Å²) in [4.78, 5) is 31.9. The van der Waals surface area contributed by atoms with Gasteiger partial charge in [-0.1, -0.05) is 35.9 Å². The zero-order valence-electron chi connectivity index (χ0n) is 15.5. The third-order valence-electron chi connectivity index (χ3n) is 5.73. The maximum atomic E-state index is 13.6. The van der Waals surface area contributed by atoms with Crippen LogP contribution in [0.5, 0.6) is 0 Å². The Hall–Kier alpha value is -2.44. The fourth-order valence-corrected chi connectivity index (χ4v) is 4.46. The SMILES string of the molecule is O=C1NC(Cc2ccccc2Cl)(C2CCNCC2)C(=O)N1Cc1cccnc1. The number of nitrogens with zero attached hydrogens (tertiary/aromatic N) is 2. The van der Waals surface area contributed by atoms with E-state index in [0.717, 1.165) is 37.1 Å². The molecule has 146 valence electrons. The van der Waals surface area contributed by atoms with E-state index >= 15 is 0 Å². The van der Waals surface area contributed by atoms with E-state index in [1.54, 1.807) is 18.5 Å². The van der Waals surface area contributed by atoms with Gasteiger partial charge in [0.1, 0.15) is 5.54 Å². The highest BCUT2D eigenvalue weighted by atomic mass is 35.5. The van der Waals surface area contributed by atoms with E-state index in [-0.39, 0.29) is 24.4 Å². The minimum absolute atomic E-state index is 0.0559. The number of carbonyl (C=O) groups excluding carboxylic acids is 2. The van der Waals surface area contributed by atoms with Gasteiger partial charge >= 0.3 is 6.03 Å². The van der Waals surface area contributed by atoms with Gasteiger partial charge in [0.25, 0.3) is 5.91 Å². The zero-order chi connectivity index (χ0) is 19.6. The predicted molar refractivity (Wildman–Crippen MR) is 107 cm³/mol. The largest absolute Gasteiger partial charge is 0.325 e. The minimum Gasteiger partial charge on any atom is -0.322 e. The molecule has 2 aliphatic heterocycles. The van der Waals surface area contributed by atoms with Crippen molar-refractivity contribution < 1.29 is 9.59 Å². The van der Waals surface area contributed by atoms with Crippen LogP contribution in [0.4, 0.5) is 4.79 Å². The lowest BCUT2D eigenvalue weighted by atomic mass is 9.74. The first-order chi connectivity index (χ1) is 13.6. The first-order valence-electron chi connectivity index (χ1n) is 9.57. The molecule has 2 N–H and O–H groups in total. The molecule has 1 aromatic heterocycles. The van der Waals surface area contributed by atoms with E-state index in [9.17, 15) is 9.59 Å². The number of imide groups is 1. The standard InChI is InChI=1S/C21H23ClN4O2/c22-18-6-2-1-5-16(18)12-21(17-7-10-23-11-8-17)19(27)26(20(28)25-21)14-15-4-3-9-24-13-15/h1-6,9,13,17,23H,7-8,10-12,14H2,(H,25,28). The van der Waals surface area contributed by atoms with Gasteiger partial charge in [-0.05, 0) is 55.1 Å². The molecular weight excluding hydrogens is 376 g/mol. The maximum absolute atomic E-state index is 13.6. The second-order valence-corrected chi connectivity index (χ2v) is 7.85. The average Bonchev–Trinajstić information content (AvgIpc) is 2.96. The number of pyridine rings is 1. The topological polar surface area (TPSA) is 74.3 Å². The van der Waals surface area contributed by atoms with Crippen molar-refractivity contribution in [1.29, 1.82) is 0 Å². The van der Waals surface area contributed by atoms with E-state index < -0.39 is 5.54 Å². The van der Waals surface area contributed by atoms with Gasteiger partial charge < -0.3 is 10.6 Å². The van der Waals surface area contributed by atoms with Crippen LogP contribution in [0.25, 0.3) is 0 Å². The van der Waals surface area contributed by atoms with Crippen molar-refractivity contribution in [3.05, 3.63) is 64.9 Å². The molecule has 0 bridgehead atoms. The Labute approximate surface area is 169 Å². The van der Waals surface area contributed by atoms with Gasteiger partial charge in [-0.2, -0.15) is 0 Å². The summed E-state index contributed by atoms with van der Waals surface area (Å²) in [7, 11) is 0. The molecule has 0 radical (unpaired) electrons. The van der Waals surface area contributed by atoms with Crippen LogP contribution in [0, 0.1) is 5.92 Å². The molecule has 1 unspecified atom stereocenters. The first-order valence-corrected chi connectivity index (χ1v) is 9.95. The first kappa shape index (κ1) is 18.9. The van der Waals surface area contributed by atoms with Crippen LogP contribution in [0.2, 0.25) is 5.02 Å². The lowest BCUT2D eigenvalue weighted by Gasteiger charge is -2.38. The van der Waals surface area contributed by atoms with E-state index in [1.165, 1.54) is 4.90 Å². The van der Waals surface area contributed by atoms with Gasteiger partial charge in [0, 0.05) is 23.8 Å². The lowest BCUT2D eigenvalue weighted by molar-refractivity contribution is -0.134. The minimum atomic E-state index is -0.966. The van der Waals surface area contributed by atoms with Crippen molar-refractivity contribution in [3.8, 4) is 0 Å². The normalized spacial score (nSPS) is 23.1. The lowest BCUT2D eigenvalue weighted by Crippen LogP contribution is -2.57. The summed E-state index contributed by atoms with van der Waals surface area (Å²) in [5.74, 6) is -0.117. The molecule has 1 atom stereocenters. The molecule has 1 aromatic carbocycles. The van der Waals surface area contributed by atoms with Gasteiger partial charge in [-0.25, -0.2) is 4.79 Å². The van der Waals surface area contributed by atoms with Crippen LogP contribution < -0.4 is 10.6 Å². The number of amides is 3. The number of urea groups is 1. The van der Waals surface area contributed by atoms with E-state index in [0.29, 0.717) is 11.4 Å². The van der Waals surface area contributed by atoms with Gasteiger partial charge in [0.15, 0.2) is 0 Å². The van der Waals surface area contributed by atoms with Gasteiger partial charge in [0.2, 0.25) is 0 Å². The third-order valence-corrected chi connectivity index (χ3v) is 6.10. The number of aromatic nitrogens is 1. The Morgan fingerprint density at radius 1 is 1.14 bits per heavy atom. The van der Waals surface area contributed by atoms with Crippen molar-refractivity contribution in [1.82, 2.24) is 20.5 Å². The monoisotopic (exact) mass is 398 g/mol. The summed E-state index contributed by atoms with van der Waals surface area (Å²) >= 11 is 6.40. The number of hydrogen-bond donors (Lipinski definition) is 2. The summed E-state index contributed by atoms with van der Waals surface area (Å²) in [6.45, 7) is 1.88. The van der Waals surface area contributed by atoms with E-state index in [4.69, 9.17) is 11.6 Å². The molecule has 2 saturated heterocycles. The molecule has 3 heterocycles. The molecule has 3 amide bonds. The fraction of sp³-hybridized carbons (Fsp3) is 0.381. The fourth-order valence-electron chi connectivity index (χ4n) is 4.26. The van der Waals surface area contributed by atoms with Crippen LogP contribution in [-0.4, -0.2) is 40.5 Å². The van der Waals surface area contributed by atoms with Crippen molar-refractivity contribution in [2.24, 2.45) is 5.92 Å². The van der Waals surface area contributed by atoms with E-state index in [2.05, 4.69) is 15.6 Å². The Morgan fingerprint density at radius 2 is 1.93 bits per heavy atom. The van der Waals surface area contributed by atoms with Crippen molar-refractivity contribution in [3.63, 3.8) is 0 Å². The van der Waals surface area contributed by atoms with Gasteiger partial charge in [0.05, 0.1) is 6.54 Å². The van der Waals surface area contributed by atoms with Crippen LogP contribution >= 0.6 is 11.6 Å². The number of piperidine rings is 1. The van der Waals surface area contributed by atoms with Crippen molar-refractivity contribution in [2.45, 2.75) is 31.3 Å². The summed E-state index contributed by atoms with van der Waals surface area (Å²) in [5, 5.41) is 7.01. The average molecular weight is 399 g/mol. The highest BCUT2D eigenvalue weighted by Crippen LogP contribution is 2.37. The molecule has 2 aliphatic rings. The molecule has 0 spiro atoms. The van der Waals surface area contributed by atoms with Crippen molar-refractivity contribution in [2.75, 3.05) is 13.1 Å². The number of rotatable bonds is 5. The molecule has 7 heteroatoms. The molecule has 4 rings (SSSR count). The van der Waals surface area contributed by atoms with Gasteiger partial charge in [-0.3, -0.25) is 14.7 Å². The smallest absolute Gasteiger partial charge is 0.322 e. The zero-order valence-corrected chi connectivity index (χ0v) is 16.3. The number of carbonyl (C=O) groups is 2. The summed E-state index contributed by atoms with van der Waals surface area (Å²) in [6, 6.07) is 10.8. The number of benzene rings is 1. The van der Waals surface area contributed by atoms with Crippen LogP contribution in [0.15, 0.2) is 48.8 Å². The molecule has 28 heavy (non-hydrogen) atoms. The molecular formula is C21H23ClN4O2. The molecule has 2 aromatic rings. The highest BCUT2D eigenvalue weighted by Gasteiger charge is 2.55. The summed E-state index contributed by atoms with van der Waals surface area (Å²) < 4.78 is 0. The molecule has 6 nitrogen and oxygen atoms in total. The Bertz CT molecular complexity index is 870. The predicted octanol–water partition coefficient (Wildman–Crippen LogP) is 2.77. The van der Waals surface area contributed by atoms with Crippen molar-refractivity contribution >= 4 is 23.5 Å².